The Morgan fingerprint density at radius 1 is 1.48 bits per heavy atom. The maximum Gasteiger partial charge on any atom is 0.187 e. The Hall–Kier alpha value is -1.61. The molecule has 0 aliphatic carbocycles. The van der Waals surface area contributed by atoms with E-state index in [1.54, 1.807) is 18.3 Å². The number of benzene rings is 1. The zero-order valence-electron chi connectivity index (χ0n) is 14.1. The molecule has 1 aromatic rings. The van der Waals surface area contributed by atoms with Crippen LogP contribution in [0.25, 0.3) is 0 Å². The van der Waals surface area contributed by atoms with E-state index in [0.717, 1.165) is 39.4 Å². The molecule has 138 valence electrons. The summed E-state index contributed by atoms with van der Waals surface area (Å²) >= 11 is 11.2. The first-order valence-corrected chi connectivity index (χ1v) is 8.91. The van der Waals surface area contributed by atoms with E-state index in [1.807, 2.05) is 6.92 Å². The minimum Gasteiger partial charge on any atom is -0.503 e. The first-order valence-electron chi connectivity index (χ1n) is 8.12. The predicted molar refractivity (Wildman–Crippen MR) is 103 cm³/mol. The molecule has 0 amide bonds. The molecule has 0 atom stereocenters. The van der Waals surface area contributed by atoms with Crippen molar-refractivity contribution in [1.29, 1.82) is 0 Å². The molecule has 0 unspecified atom stereocenters. The van der Waals surface area contributed by atoms with Crippen LogP contribution in [0.2, 0.25) is 5.02 Å². The van der Waals surface area contributed by atoms with Crippen molar-refractivity contribution < 1.29 is 14.6 Å². The molecule has 7 nitrogen and oxygen atoms in total. The van der Waals surface area contributed by atoms with E-state index >= 15 is 0 Å². The number of phenols is 1. The molecule has 0 bridgehead atoms. The second kappa shape index (κ2) is 10.4. The van der Waals surface area contributed by atoms with Crippen molar-refractivity contribution in [1.82, 2.24) is 15.6 Å². The Morgan fingerprint density at radius 2 is 2.24 bits per heavy atom. The van der Waals surface area contributed by atoms with Crippen LogP contribution in [-0.2, 0) is 4.74 Å². The smallest absolute Gasteiger partial charge is 0.187 e. The van der Waals surface area contributed by atoms with Crippen molar-refractivity contribution in [3.63, 3.8) is 0 Å². The number of thiocarbonyl (C=S) groups is 1. The second-order valence-corrected chi connectivity index (χ2v) is 6.18. The summed E-state index contributed by atoms with van der Waals surface area (Å²) in [6.07, 6.45) is 1.56. The van der Waals surface area contributed by atoms with Gasteiger partial charge in [-0.25, -0.2) is 0 Å². The van der Waals surface area contributed by atoms with Gasteiger partial charge in [-0.2, -0.15) is 5.10 Å². The van der Waals surface area contributed by atoms with E-state index in [-0.39, 0.29) is 10.8 Å². The fourth-order valence-electron chi connectivity index (χ4n) is 2.29. The number of morpholine rings is 1. The lowest BCUT2D eigenvalue weighted by Gasteiger charge is -2.26. The maximum absolute atomic E-state index is 9.81. The SMILES string of the molecule is CCOc1cc(C=NNC(=S)NCCN2CCOCC2)cc(Cl)c1O. The summed E-state index contributed by atoms with van der Waals surface area (Å²) in [5.74, 6) is 0.247. The van der Waals surface area contributed by atoms with Gasteiger partial charge in [-0.15, -0.1) is 0 Å². The molecule has 3 N–H and O–H groups in total. The van der Waals surface area contributed by atoms with Crippen molar-refractivity contribution in [2.45, 2.75) is 6.92 Å². The van der Waals surface area contributed by atoms with Gasteiger partial charge in [0.05, 0.1) is 31.1 Å². The van der Waals surface area contributed by atoms with Gasteiger partial charge in [0.15, 0.2) is 16.6 Å². The van der Waals surface area contributed by atoms with Gasteiger partial charge in [-0.05, 0) is 36.8 Å². The molecule has 1 fully saturated rings. The lowest BCUT2D eigenvalue weighted by atomic mass is 10.2. The second-order valence-electron chi connectivity index (χ2n) is 5.36. The van der Waals surface area contributed by atoms with Crippen molar-refractivity contribution in [3.05, 3.63) is 22.7 Å². The van der Waals surface area contributed by atoms with Crippen LogP contribution in [0.15, 0.2) is 17.2 Å². The van der Waals surface area contributed by atoms with Crippen LogP contribution in [0.3, 0.4) is 0 Å². The molecule has 0 radical (unpaired) electrons. The molecular formula is C16H23ClN4O3S. The quantitative estimate of drug-likeness (QED) is 0.373. The number of rotatable bonds is 7. The first-order chi connectivity index (χ1) is 12.1. The molecule has 1 aromatic carbocycles. The largest absolute Gasteiger partial charge is 0.503 e. The third-order valence-electron chi connectivity index (χ3n) is 3.55. The highest BCUT2D eigenvalue weighted by atomic mass is 35.5. The molecule has 1 aliphatic heterocycles. The highest BCUT2D eigenvalue weighted by Crippen LogP contribution is 2.34. The van der Waals surface area contributed by atoms with Crippen LogP contribution in [-0.4, -0.2) is 67.3 Å². The maximum atomic E-state index is 9.81. The minimum absolute atomic E-state index is 0.0751. The summed E-state index contributed by atoms with van der Waals surface area (Å²) in [6.45, 7) is 7.36. The number of nitrogens with one attached hydrogen (secondary N) is 2. The van der Waals surface area contributed by atoms with Gasteiger partial charge in [0.1, 0.15) is 0 Å². The number of aromatic hydroxyl groups is 1. The number of nitrogens with zero attached hydrogens (tertiary/aromatic N) is 2. The van der Waals surface area contributed by atoms with Gasteiger partial charge in [-0.1, -0.05) is 11.6 Å². The number of phenolic OH excluding ortho intramolecular Hbond substituents is 1. The van der Waals surface area contributed by atoms with Crippen molar-refractivity contribution >= 4 is 35.1 Å². The van der Waals surface area contributed by atoms with Gasteiger partial charge in [0.2, 0.25) is 0 Å². The van der Waals surface area contributed by atoms with Crippen molar-refractivity contribution in [2.75, 3.05) is 46.0 Å². The molecule has 0 aromatic heterocycles. The van der Waals surface area contributed by atoms with Crippen LogP contribution in [0, 0.1) is 0 Å². The summed E-state index contributed by atoms with van der Waals surface area (Å²) in [7, 11) is 0. The lowest BCUT2D eigenvalue weighted by molar-refractivity contribution is 0.0389. The summed E-state index contributed by atoms with van der Waals surface area (Å²) in [5.41, 5.74) is 3.44. The molecule has 25 heavy (non-hydrogen) atoms. The standard InChI is InChI=1S/C16H23ClN4O3S/c1-2-24-14-10-12(9-13(17)15(14)22)11-19-20-16(25)18-3-4-21-5-7-23-8-6-21/h9-11,22H,2-8H2,1H3,(H2,18,20,25). The monoisotopic (exact) mass is 386 g/mol. The Kier molecular flexibility index (Phi) is 8.20. The summed E-state index contributed by atoms with van der Waals surface area (Å²) in [6, 6.07) is 3.25. The summed E-state index contributed by atoms with van der Waals surface area (Å²) in [4.78, 5) is 2.32. The molecule has 0 saturated carbocycles. The Balaban J connectivity index is 1.76. The van der Waals surface area contributed by atoms with Crippen molar-refractivity contribution in [3.8, 4) is 11.5 Å². The van der Waals surface area contributed by atoms with Gasteiger partial charge in [-0.3, -0.25) is 10.3 Å². The molecule has 0 spiro atoms. The van der Waals surface area contributed by atoms with Gasteiger partial charge in [0, 0.05) is 26.2 Å². The Morgan fingerprint density at radius 3 is 2.96 bits per heavy atom. The van der Waals surface area contributed by atoms with E-state index < -0.39 is 0 Å². The number of ether oxygens (including phenoxy) is 2. The number of hydrazone groups is 1. The average Bonchev–Trinajstić information content (AvgIpc) is 2.60. The normalized spacial score (nSPS) is 15.3. The van der Waals surface area contributed by atoms with Gasteiger partial charge in [0.25, 0.3) is 0 Å². The average molecular weight is 387 g/mol. The van der Waals surface area contributed by atoms with Gasteiger partial charge < -0.3 is 19.9 Å². The highest BCUT2D eigenvalue weighted by molar-refractivity contribution is 7.80. The fourth-order valence-corrected chi connectivity index (χ4v) is 2.67. The van der Waals surface area contributed by atoms with E-state index in [1.165, 1.54) is 0 Å². The van der Waals surface area contributed by atoms with Crippen LogP contribution in [0.1, 0.15) is 12.5 Å². The van der Waals surface area contributed by atoms with Gasteiger partial charge >= 0.3 is 0 Å². The Bertz CT molecular complexity index is 609. The van der Waals surface area contributed by atoms with E-state index in [4.69, 9.17) is 33.3 Å². The summed E-state index contributed by atoms with van der Waals surface area (Å²) in [5, 5.41) is 17.6. The topological polar surface area (TPSA) is 78.4 Å². The van der Waals surface area contributed by atoms with E-state index in [9.17, 15) is 5.11 Å². The third kappa shape index (κ3) is 6.66. The van der Waals surface area contributed by atoms with Crippen LogP contribution < -0.4 is 15.5 Å². The Labute approximate surface area is 157 Å². The number of halogens is 1. The number of hydrogen-bond donors (Lipinski definition) is 3. The summed E-state index contributed by atoms with van der Waals surface area (Å²) < 4.78 is 10.6. The third-order valence-corrected chi connectivity index (χ3v) is 4.07. The fraction of sp³-hybridized carbons (Fsp3) is 0.500. The molecular weight excluding hydrogens is 364 g/mol. The van der Waals surface area contributed by atoms with E-state index in [0.29, 0.717) is 23.0 Å². The van der Waals surface area contributed by atoms with Crippen LogP contribution in [0.5, 0.6) is 11.5 Å². The molecule has 9 heteroatoms. The number of hydrogen-bond acceptors (Lipinski definition) is 6. The van der Waals surface area contributed by atoms with E-state index in [2.05, 4.69) is 20.7 Å². The molecule has 1 saturated heterocycles. The first kappa shape index (κ1) is 19.7. The molecule has 1 aliphatic rings. The van der Waals surface area contributed by atoms with Crippen LogP contribution >= 0.6 is 23.8 Å². The lowest BCUT2D eigenvalue weighted by Crippen LogP contribution is -2.42. The zero-order valence-corrected chi connectivity index (χ0v) is 15.7. The molecule has 2 rings (SSSR count). The van der Waals surface area contributed by atoms with Crippen LogP contribution in [0.4, 0.5) is 0 Å². The zero-order chi connectivity index (χ0) is 18.1. The minimum atomic E-state index is -0.0751. The highest BCUT2D eigenvalue weighted by Gasteiger charge is 2.10. The predicted octanol–water partition coefficient (Wildman–Crippen LogP) is 1.57. The molecule has 1 heterocycles. The van der Waals surface area contributed by atoms with Crippen molar-refractivity contribution in [2.24, 2.45) is 5.10 Å².